The molecule has 4 nitrogen and oxygen atoms in total. The van der Waals surface area contributed by atoms with Crippen LogP contribution in [0.4, 0.5) is 0 Å². The molecule has 1 rings (SSSR count). The number of ether oxygens (including phenoxy) is 1. The van der Waals surface area contributed by atoms with Gasteiger partial charge in [0.15, 0.2) is 0 Å². The maximum Gasteiger partial charge on any atom is 0.128 e. The van der Waals surface area contributed by atoms with E-state index >= 15 is 0 Å². The van der Waals surface area contributed by atoms with Crippen LogP contribution in [0.1, 0.15) is 46.5 Å². The Morgan fingerprint density at radius 1 is 1.41 bits per heavy atom. The first kappa shape index (κ1) is 14.2. The van der Waals surface area contributed by atoms with Gasteiger partial charge >= 0.3 is 0 Å². The van der Waals surface area contributed by atoms with Gasteiger partial charge in [-0.2, -0.15) is 0 Å². The van der Waals surface area contributed by atoms with E-state index in [1.54, 1.807) is 0 Å². The van der Waals surface area contributed by atoms with Crippen LogP contribution in [0.2, 0.25) is 0 Å². The average molecular weight is 239 g/mol. The molecule has 1 aromatic rings. The zero-order valence-corrected chi connectivity index (χ0v) is 11.7. The summed E-state index contributed by atoms with van der Waals surface area (Å²) in [5.74, 6) is 1.05. The van der Waals surface area contributed by atoms with Gasteiger partial charge in [0, 0.05) is 18.9 Å². The van der Waals surface area contributed by atoms with Crippen molar-refractivity contribution in [3.05, 3.63) is 18.2 Å². The number of imidazole rings is 1. The molecule has 0 aliphatic carbocycles. The first-order valence-electron chi connectivity index (χ1n) is 6.36. The fourth-order valence-electron chi connectivity index (χ4n) is 1.70. The normalized spacial score (nSPS) is 13.9. The molecular weight excluding hydrogens is 214 g/mol. The summed E-state index contributed by atoms with van der Waals surface area (Å²) >= 11 is 0. The Labute approximate surface area is 104 Å². The van der Waals surface area contributed by atoms with E-state index in [1.807, 2.05) is 12.4 Å². The van der Waals surface area contributed by atoms with Crippen molar-refractivity contribution in [2.24, 2.45) is 0 Å². The lowest BCUT2D eigenvalue weighted by Crippen LogP contribution is -2.32. The first-order chi connectivity index (χ1) is 7.98. The lowest BCUT2D eigenvalue weighted by Gasteiger charge is -2.25. The molecule has 0 amide bonds. The summed E-state index contributed by atoms with van der Waals surface area (Å²) < 4.78 is 8.00. The molecule has 0 aliphatic rings. The molecule has 17 heavy (non-hydrogen) atoms. The van der Waals surface area contributed by atoms with Crippen molar-refractivity contribution in [2.75, 3.05) is 13.2 Å². The summed E-state index contributed by atoms with van der Waals surface area (Å²) in [5.41, 5.74) is -0.114. The van der Waals surface area contributed by atoms with E-state index in [0.717, 1.165) is 18.9 Å². The molecule has 0 bridgehead atoms. The zero-order valence-electron chi connectivity index (χ0n) is 11.7. The molecule has 1 aromatic heterocycles. The maximum absolute atomic E-state index is 5.85. The summed E-state index contributed by atoms with van der Waals surface area (Å²) in [4.78, 5) is 4.43. The van der Waals surface area contributed by atoms with Gasteiger partial charge in [-0.25, -0.2) is 4.98 Å². The molecule has 0 aliphatic heterocycles. The largest absolute Gasteiger partial charge is 0.374 e. The summed E-state index contributed by atoms with van der Waals surface area (Å²) in [6.45, 7) is 12.9. The molecule has 0 fully saturated rings. The van der Waals surface area contributed by atoms with Crippen LogP contribution in [0.3, 0.4) is 0 Å². The van der Waals surface area contributed by atoms with Gasteiger partial charge in [-0.15, -0.1) is 0 Å². The molecule has 1 heterocycles. The lowest BCUT2D eigenvalue weighted by molar-refractivity contribution is -0.0160. The highest BCUT2D eigenvalue weighted by Gasteiger charge is 2.19. The van der Waals surface area contributed by atoms with Gasteiger partial charge in [-0.3, -0.25) is 0 Å². The summed E-state index contributed by atoms with van der Waals surface area (Å²) in [5, 5.41) is 3.42. The van der Waals surface area contributed by atoms with Crippen LogP contribution < -0.4 is 5.32 Å². The van der Waals surface area contributed by atoms with Crippen LogP contribution >= 0.6 is 0 Å². The van der Waals surface area contributed by atoms with Gasteiger partial charge in [-0.1, -0.05) is 6.92 Å². The van der Waals surface area contributed by atoms with Crippen LogP contribution in [-0.4, -0.2) is 28.3 Å². The van der Waals surface area contributed by atoms with Crippen molar-refractivity contribution in [1.82, 2.24) is 14.9 Å². The van der Waals surface area contributed by atoms with E-state index in [1.165, 1.54) is 0 Å². The Hall–Kier alpha value is -0.870. The highest BCUT2D eigenvalue weighted by atomic mass is 16.5. The van der Waals surface area contributed by atoms with Gasteiger partial charge in [0.05, 0.1) is 18.2 Å². The third-order valence-corrected chi connectivity index (χ3v) is 2.53. The Bertz CT molecular complexity index is 328. The molecular formula is C13H25N3O. The van der Waals surface area contributed by atoms with Crippen molar-refractivity contribution < 1.29 is 4.74 Å². The lowest BCUT2D eigenvalue weighted by atomic mass is 10.2. The van der Waals surface area contributed by atoms with Crippen molar-refractivity contribution in [3.8, 4) is 0 Å². The highest BCUT2D eigenvalue weighted by Crippen LogP contribution is 2.15. The number of hydrogen-bond donors (Lipinski definition) is 1. The minimum atomic E-state index is -0.114. The number of hydrogen-bond acceptors (Lipinski definition) is 3. The molecule has 4 heteroatoms. The highest BCUT2D eigenvalue weighted by molar-refractivity contribution is 4.99. The molecule has 1 unspecified atom stereocenters. The molecule has 0 aromatic carbocycles. The summed E-state index contributed by atoms with van der Waals surface area (Å²) in [6.07, 6.45) is 3.86. The van der Waals surface area contributed by atoms with Gasteiger partial charge in [-0.05, 0) is 34.2 Å². The van der Waals surface area contributed by atoms with Crippen molar-refractivity contribution in [1.29, 1.82) is 0 Å². The summed E-state index contributed by atoms with van der Waals surface area (Å²) in [7, 11) is 0. The molecule has 0 saturated carbocycles. The van der Waals surface area contributed by atoms with Crippen molar-refractivity contribution >= 4 is 0 Å². The quantitative estimate of drug-likeness (QED) is 0.828. The second kappa shape index (κ2) is 6.17. The predicted octanol–water partition coefficient (Wildman–Crippen LogP) is 2.37. The number of nitrogens with one attached hydrogen (secondary N) is 1. The van der Waals surface area contributed by atoms with E-state index in [9.17, 15) is 0 Å². The number of likely N-dealkylation sites (N-methyl/N-ethyl adjacent to an activating group) is 1. The van der Waals surface area contributed by atoms with Gasteiger partial charge in [0.25, 0.3) is 0 Å². The molecule has 1 atom stereocenters. The Morgan fingerprint density at radius 3 is 2.65 bits per heavy atom. The molecule has 0 saturated heterocycles. The Balaban J connectivity index is 2.71. The second-order valence-corrected chi connectivity index (χ2v) is 5.11. The van der Waals surface area contributed by atoms with Crippen LogP contribution in [0, 0.1) is 0 Å². The minimum Gasteiger partial charge on any atom is -0.374 e. The molecule has 1 N–H and O–H groups in total. The standard InChI is InChI=1S/C13H25N3O/c1-6-14-11(10-17-13(3,4)5)12-15-8-9-16(12)7-2/h8-9,11,14H,6-7,10H2,1-5H3. The van der Waals surface area contributed by atoms with Gasteiger partial charge in [0.2, 0.25) is 0 Å². The third-order valence-electron chi connectivity index (χ3n) is 2.53. The fourth-order valence-corrected chi connectivity index (χ4v) is 1.70. The second-order valence-electron chi connectivity index (χ2n) is 5.11. The van der Waals surface area contributed by atoms with E-state index < -0.39 is 0 Å². The van der Waals surface area contributed by atoms with E-state index in [0.29, 0.717) is 6.61 Å². The molecule has 0 radical (unpaired) electrons. The van der Waals surface area contributed by atoms with Crippen LogP contribution in [-0.2, 0) is 11.3 Å². The first-order valence-corrected chi connectivity index (χ1v) is 6.36. The van der Waals surface area contributed by atoms with Crippen LogP contribution in [0.5, 0.6) is 0 Å². The smallest absolute Gasteiger partial charge is 0.128 e. The van der Waals surface area contributed by atoms with Crippen LogP contribution in [0.15, 0.2) is 12.4 Å². The molecule has 98 valence electrons. The van der Waals surface area contributed by atoms with E-state index in [-0.39, 0.29) is 11.6 Å². The van der Waals surface area contributed by atoms with Gasteiger partial charge in [0.1, 0.15) is 5.82 Å². The monoisotopic (exact) mass is 239 g/mol. The van der Waals surface area contributed by atoms with Crippen molar-refractivity contribution in [2.45, 2.75) is 52.8 Å². The minimum absolute atomic E-state index is 0.114. The average Bonchev–Trinajstić information content (AvgIpc) is 2.70. The predicted molar refractivity (Wildman–Crippen MR) is 70.0 cm³/mol. The maximum atomic E-state index is 5.85. The van der Waals surface area contributed by atoms with E-state index in [2.05, 4.69) is 49.5 Å². The Morgan fingerprint density at radius 2 is 2.12 bits per heavy atom. The van der Waals surface area contributed by atoms with Gasteiger partial charge < -0.3 is 14.6 Å². The SMILES string of the molecule is CCNC(COC(C)(C)C)c1nccn1CC. The summed E-state index contributed by atoms with van der Waals surface area (Å²) in [6, 6.07) is 0.161. The Kier molecular flexibility index (Phi) is 5.15. The fraction of sp³-hybridized carbons (Fsp3) is 0.769. The molecule has 0 spiro atoms. The number of aromatic nitrogens is 2. The topological polar surface area (TPSA) is 39.1 Å². The number of aryl methyl sites for hydroxylation is 1. The third kappa shape index (κ3) is 4.48. The number of nitrogens with zero attached hydrogens (tertiary/aromatic N) is 2. The zero-order chi connectivity index (χ0) is 12.9. The van der Waals surface area contributed by atoms with Crippen LogP contribution in [0.25, 0.3) is 0 Å². The van der Waals surface area contributed by atoms with Crippen molar-refractivity contribution in [3.63, 3.8) is 0 Å². The number of rotatable bonds is 6. The van der Waals surface area contributed by atoms with E-state index in [4.69, 9.17) is 4.74 Å².